The van der Waals surface area contributed by atoms with Gasteiger partial charge in [0.2, 0.25) is 11.7 Å². The number of pyridine rings is 1. The lowest BCUT2D eigenvalue weighted by Crippen LogP contribution is -2.30. The molecule has 0 fully saturated rings. The SMILES string of the molecule is O=C(Cn1nnc(-c2ccncc2)n1)NCCc1c[nH]c2ccccc12. The van der Waals surface area contributed by atoms with Gasteiger partial charge in [0.1, 0.15) is 6.54 Å². The van der Waals surface area contributed by atoms with E-state index in [0.29, 0.717) is 12.4 Å². The fourth-order valence-corrected chi connectivity index (χ4v) is 2.79. The maximum Gasteiger partial charge on any atom is 0.243 e. The van der Waals surface area contributed by atoms with E-state index < -0.39 is 0 Å². The molecule has 4 rings (SSSR count). The number of H-pyrrole nitrogens is 1. The van der Waals surface area contributed by atoms with Gasteiger partial charge in [0, 0.05) is 41.6 Å². The van der Waals surface area contributed by atoms with Gasteiger partial charge < -0.3 is 10.3 Å². The third-order valence-electron chi connectivity index (χ3n) is 4.07. The summed E-state index contributed by atoms with van der Waals surface area (Å²) in [6.07, 6.45) is 6.06. The van der Waals surface area contributed by atoms with Crippen LogP contribution in [0.1, 0.15) is 5.56 Å². The lowest BCUT2D eigenvalue weighted by molar-refractivity contribution is -0.122. The Hall–Kier alpha value is -3.55. The van der Waals surface area contributed by atoms with Crippen LogP contribution in [0.3, 0.4) is 0 Å². The molecule has 0 saturated carbocycles. The number of aromatic amines is 1. The summed E-state index contributed by atoms with van der Waals surface area (Å²) in [5.41, 5.74) is 3.09. The van der Waals surface area contributed by atoms with E-state index in [1.165, 1.54) is 15.7 Å². The summed E-state index contributed by atoms with van der Waals surface area (Å²) < 4.78 is 0. The van der Waals surface area contributed by atoms with Crippen LogP contribution in [0.2, 0.25) is 0 Å². The van der Waals surface area contributed by atoms with E-state index in [-0.39, 0.29) is 12.5 Å². The van der Waals surface area contributed by atoms with Crippen molar-refractivity contribution in [2.75, 3.05) is 6.54 Å². The van der Waals surface area contributed by atoms with Crippen LogP contribution < -0.4 is 5.32 Å². The largest absolute Gasteiger partial charge is 0.361 e. The summed E-state index contributed by atoms with van der Waals surface area (Å²) in [6.45, 7) is 0.582. The zero-order chi connectivity index (χ0) is 17.8. The van der Waals surface area contributed by atoms with Gasteiger partial charge in [-0.1, -0.05) is 18.2 Å². The molecule has 0 aliphatic rings. The number of carbonyl (C=O) groups excluding carboxylic acids is 1. The summed E-state index contributed by atoms with van der Waals surface area (Å²) in [4.78, 5) is 20.6. The van der Waals surface area contributed by atoms with Gasteiger partial charge in [-0.2, -0.15) is 4.80 Å². The molecule has 26 heavy (non-hydrogen) atoms. The fraction of sp³-hybridized carbons (Fsp3) is 0.167. The molecular weight excluding hydrogens is 330 g/mol. The van der Waals surface area contributed by atoms with Crippen LogP contribution >= 0.6 is 0 Å². The van der Waals surface area contributed by atoms with Crippen molar-refractivity contribution in [3.8, 4) is 11.4 Å². The van der Waals surface area contributed by atoms with Gasteiger partial charge in [0.05, 0.1) is 0 Å². The first kappa shape index (κ1) is 15.9. The number of nitrogens with one attached hydrogen (secondary N) is 2. The summed E-state index contributed by atoms with van der Waals surface area (Å²) in [5.74, 6) is 0.322. The normalized spacial score (nSPS) is 10.9. The summed E-state index contributed by atoms with van der Waals surface area (Å²) >= 11 is 0. The maximum absolute atomic E-state index is 12.1. The Bertz CT molecular complexity index is 1020. The maximum atomic E-state index is 12.1. The molecule has 1 aromatic carbocycles. The van der Waals surface area contributed by atoms with Crippen molar-refractivity contribution in [3.63, 3.8) is 0 Å². The first-order valence-corrected chi connectivity index (χ1v) is 8.29. The lowest BCUT2D eigenvalue weighted by Gasteiger charge is -2.04. The topological polar surface area (TPSA) is 101 Å². The van der Waals surface area contributed by atoms with Crippen LogP contribution in [0.25, 0.3) is 22.3 Å². The number of carbonyl (C=O) groups is 1. The second-order valence-corrected chi connectivity index (χ2v) is 5.84. The molecule has 2 N–H and O–H groups in total. The second kappa shape index (κ2) is 7.14. The Labute approximate surface area is 149 Å². The van der Waals surface area contributed by atoms with Crippen molar-refractivity contribution in [1.82, 2.24) is 35.5 Å². The fourth-order valence-electron chi connectivity index (χ4n) is 2.79. The molecule has 3 heterocycles. The monoisotopic (exact) mass is 347 g/mol. The molecule has 1 amide bonds. The number of hydrogen-bond acceptors (Lipinski definition) is 5. The molecule has 0 spiro atoms. The molecule has 3 aromatic heterocycles. The Morgan fingerprint density at radius 2 is 2.00 bits per heavy atom. The predicted octanol–water partition coefficient (Wildman–Crippen LogP) is 1.58. The van der Waals surface area contributed by atoms with Gasteiger partial charge in [-0.25, -0.2) is 0 Å². The van der Waals surface area contributed by atoms with Gasteiger partial charge in [-0.15, -0.1) is 10.2 Å². The minimum Gasteiger partial charge on any atom is -0.361 e. The van der Waals surface area contributed by atoms with E-state index >= 15 is 0 Å². The minimum absolute atomic E-state index is 0.0337. The third kappa shape index (κ3) is 3.44. The van der Waals surface area contributed by atoms with Crippen molar-refractivity contribution < 1.29 is 4.79 Å². The van der Waals surface area contributed by atoms with Gasteiger partial charge in [-0.05, 0) is 35.4 Å². The molecule has 8 nitrogen and oxygen atoms in total. The number of hydrogen-bond donors (Lipinski definition) is 2. The Morgan fingerprint density at radius 3 is 2.88 bits per heavy atom. The number of tetrazole rings is 1. The highest BCUT2D eigenvalue weighted by Crippen LogP contribution is 2.17. The van der Waals surface area contributed by atoms with E-state index in [4.69, 9.17) is 0 Å². The predicted molar refractivity (Wildman–Crippen MR) is 96.1 cm³/mol. The summed E-state index contributed by atoms with van der Waals surface area (Å²) in [6, 6.07) is 11.7. The number of nitrogens with zero attached hydrogens (tertiary/aromatic N) is 5. The number of rotatable bonds is 6. The highest BCUT2D eigenvalue weighted by molar-refractivity contribution is 5.83. The van der Waals surface area contributed by atoms with Crippen LogP contribution in [0, 0.1) is 0 Å². The average Bonchev–Trinajstić information content (AvgIpc) is 3.30. The van der Waals surface area contributed by atoms with Crippen molar-refractivity contribution in [2.24, 2.45) is 0 Å². The van der Waals surface area contributed by atoms with Crippen molar-refractivity contribution in [1.29, 1.82) is 0 Å². The van der Waals surface area contributed by atoms with Crippen LogP contribution in [0.5, 0.6) is 0 Å². The molecule has 0 radical (unpaired) electrons. The number of aromatic nitrogens is 6. The van der Waals surface area contributed by atoms with Crippen LogP contribution in [0.4, 0.5) is 0 Å². The van der Waals surface area contributed by atoms with Crippen molar-refractivity contribution in [2.45, 2.75) is 13.0 Å². The Morgan fingerprint density at radius 1 is 1.15 bits per heavy atom. The highest BCUT2D eigenvalue weighted by atomic mass is 16.2. The first-order chi connectivity index (χ1) is 12.8. The first-order valence-electron chi connectivity index (χ1n) is 8.29. The van der Waals surface area contributed by atoms with Crippen LogP contribution in [0.15, 0.2) is 55.0 Å². The lowest BCUT2D eigenvalue weighted by atomic mass is 10.1. The quantitative estimate of drug-likeness (QED) is 0.551. The van der Waals surface area contributed by atoms with Gasteiger partial charge in [0.25, 0.3) is 0 Å². The minimum atomic E-state index is -0.150. The van der Waals surface area contributed by atoms with Gasteiger partial charge in [-0.3, -0.25) is 9.78 Å². The molecular formula is C18H17N7O. The van der Waals surface area contributed by atoms with E-state index in [1.807, 2.05) is 24.4 Å². The van der Waals surface area contributed by atoms with Gasteiger partial charge in [0.15, 0.2) is 0 Å². The zero-order valence-electron chi connectivity index (χ0n) is 14.0. The molecule has 0 aliphatic carbocycles. The van der Waals surface area contributed by atoms with Crippen LogP contribution in [-0.2, 0) is 17.8 Å². The molecule has 4 aromatic rings. The smallest absolute Gasteiger partial charge is 0.243 e. The number of para-hydroxylation sites is 1. The molecule has 0 unspecified atom stereocenters. The van der Waals surface area contributed by atoms with E-state index in [0.717, 1.165) is 17.5 Å². The summed E-state index contributed by atoms with van der Waals surface area (Å²) in [7, 11) is 0. The average molecular weight is 347 g/mol. The van der Waals surface area contributed by atoms with Crippen LogP contribution in [-0.4, -0.2) is 42.6 Å². The molecule has 0 atom stereocenters. The molecule has 130 valence electrons. The molecule has 0 aliphatic heterocycles. The number of benzene rings is 1. The van der Waals surface area contributed by atoms with Gasteiger partial charge >= 0.3 is 0 Å². The van der Waals surface area contributed by atoms with E-state index in [9.17, 15) is 4.79 Å². The summed E-state index contributed by atoms with van der Waals surface area (Å²) in [5, 5.41) is 16.2. The Kier molecular flexibility index (Phi) is 4.38. The van der Waals surface area contributed by atoms with Crippen molar-refractivity contribution in [3.05, 3.63) is 60.6 Å². The standard InChI is InChI=1S/C18H17N7O/c26-17(12-25-23-18(22-24-25)13-5-8-19-9-6-13)20-10-7-14-11-21-16-4-2-1-3-15(14)16/h1-6,8-9,11,21H,7,10,12H2,(H,20,26). The molecule has 8 heteroatoms. The molecule has 0 bridgehead atoms. The van der Waals surface area contributed by atoms with E-state index in [1.54, 1.807) is 24.5 Å². The third-order valence-corrected chi connectivity index (χ3v) is 4.07. The number of fused-ring (bicyclic) bond motifs is 1. The Balaban J connectivity index is 1.31. The van der Waals surface area contributed by atoms with E-state index in [2.05, 4.69) is 36.8 Å². The highest BCUT2D eigenvalue weighted by Gasteiger charge is 2.09. The zero-order valence-corrected chi connectivity index (χ0v) is 14.0. The molecule has 0 saturated heterocycles. The number of amides is 1. The second-order valence-electron chi connectivity index (χ2n) is 5.84. The van der Waals surface area contributed by atoms with Crippen molar-refractivity contribution >= 4 is 16.8 Å².